The van der Waals surface area contributed by atoms with Gasteiger partial charge in [-0.15, -0.1) is 0 Å². The van der Waals surface area contributed by atoms with Gasteiger partial charge in [-0.25, -0.2) is 4.79 Å². The zero-order valence-electron chi connectivity index (χ0n) is 20.1. The first kappa shape index (κ1) is 25.0. The third-order valence-corrected chi connectivity index (χ3v) is 4.81. The highest BCUT2D eigenvalue weighted by Gasteiger charge is 2.44. The van der Waals surface area contributed by atoms with Crippen LogP contribution in [0.15, 0.2) is 36.4 Å². The lowest BCUT2D eigenvalue weighted by Crippen LogP contribution is -2.29. The summed E-state index contributed by atoms with van der Waals surface area (Å²) in [5, 5.41) is 30.3. The second kappa shape index (κ2) is 8.93. The van der Waals surface area contributed by atoms with Crippen molar-refractivity contribution >= 4 is 18.0 Å². The van der Waals surface area contributed by atoms with Gasteiger partial charge in [0.25, 0.3) is 0 Å². The molecule has 3 rings (SSSR count). The van der Waals surface area contributed by atoms with Crippen molar-refractivity contribution in [3.8, 4) is 23.0 Å². The van der Waals surface area contributed by atoms with E-state index in [4.69, 9.17) is 14.2 Å². The van der Waals surface area contributed by atoms with Crippen molar-refractivity contribution in [1.29, 1.82) is 0 Å². The normalized spacial score (nSPS) is 17.8. The maximum absolute atomic E-state index is 13.2. The zero-order valence-corrected chi connectivity index (χ0v) is 20.1. The number of ether oxygens (including phenoxy) is 3. The Hall–Kier alpha value is -3.68. The lowest BCUT2D eigenvalue weighted by atomic mass is 9.89. The van der Waals surface area contributed by atoms with E-state index in [2.05, 4.69) is 0 Å². The number of carbonyl (C=O) groups is 2. The minimum Gasteiger partial charge on any atom is -0.504 e. The van der Waals surface area contributed by atoms with Gasteiger partial charge in [-0.05, 0) is 83.0 Å². The molecule has 1 aliphatic rings. The molecule has 182 valence electrons. The minimum absolute atomic E-state index is 0.0999. The second-order valence-corrected chi connectivity index (χ2v) is 10.1. The van der Waals surface area contributed by atoms with E-state index in [1.807, 2.05) is 0 Å². The Kier molecular flexibility index (Phi) is 6.55. The molecule has 0 unspecified atom stereocenters. The minimum atomic E-state index is -0.973. The lowest BCUT2D eigenvalue weighted by Gasteiger charge is -2.25. The molecule has 2 aromatic carbocycles. The molecule has 1 aliphatic heterocycles. The molecule has 0 spiro atoms. The zero-order chi connectivity index (χ0) is 25.4. The number of aromatic hydroxyl groups is 3. The molecular formula is C26H30O8. The van der Waals surface area contributed by atoms with Gasteiger partial charge in [-0.2, -0.15) is 0 Å². The summed E-state index contributed by atoms with van der Waals surface area (Å²) >= 11 is 0. The van der Waals surface area contributed by atoms with Crippen molar-refractivity contribution in [3.63, 3.8) is 0 Å². The Morgan fingerprint density at radius 2 is 1.53 bits per heavy atom. The third kappa shape index (κ3) is 5.81. The summed E-state index contributed by atoms with van der Waals surface area (Å²) in [6, 6.07) is 7.14. The van der Waals surface area contributed by atoms with Gasteiger partial charge >= 0.3 is 11.9 Å². The number of rotatable bonds is 4. The van der Waals surface area contributed by atoms with E-state index in [0.717, 1.165) is 0 Å². The van der Waals surface area contributed by atoms with Crippen molar-refractivity contribution in [3.05, 3.63) is 53.1 Å². The van der Waals surface area contributed by atoms with Crippen LogP contribution in [-0.4, -0.2) is 38.5 Å². The number of fused-ring (bicyclic) bond motifs is 1. The van der Waals surface area contributed by atoms with Gasteiger partial charge in [0.15, 0.2) is 23.0 Å². The quantitative estimate of drug-likeness (QED) is 0.333. The van der Waals surface area contributed by atoms with Crippen molar-refractivity contribution in [2.45, 2.75) is 64.8 Å². The summed E-state index contributed by atoms with van der Waals surface area (Å²) in [5.74, 6) is -2.92. The van der Waals surface area contributed by atoms with Crippen LogP contribution < -0.4 is 4.74 Å². The molecule has 3 N–H and O–H groups in total. The van der Waals surface area contributed by atoms with E-state index in [1.165, 1.54) is 36.4 Å². The van der Waals surface area contributed by atoms with E-state index in [1.54, 1.807) is 47.6 Å². The largest absolute Gasteiger partial charge is 0.504 e. The highest BCUT2D eigenvalue weighted by Crippen LogP contribution is 2.52. The van der Waals surface area contributed by atoms with Gasteiger partial charge in [0.2, 0.25) is 0 Å². The summed E-state index contributed by atoms with van der Waals surface area (Å²) in [5.41, 5.74) is -0.200. The summed E-state index contributed by atoms with van der Waals surface area (Å²) < 4.78 is 16.8. The van der Waals surface area contributed by atoms with Crippen molar-refractivity contribution in [1.82, 2.24) is 0 Å². The summed E-state index contributed by atoms with van der Waals surface area (Å²) in [6.45, 7) is 10.5. The number of benzene rings is 2. The molecule has 0 fully saturated rings. The number of hydrogen-bond acceptors (Lipinski definition) is 8. The van der Waals surface area contributed by atoms with E-state index < -0.39 is 35.2 Å². The van der Waals surface area contributed by atoms with Gasteiger partial charge in [0.05, 0.1) is 0 Å². The number of phenolic OH excluding ortho intramolecular Hbond substituents is 3. The molecule has 0 radical (unpaired) electrons. The van der Waals surface area contributed by atoms with Crippen LogP contribution in [0.3, 0.4) is 0 Å². The van der Waals surface area contributed by atoms with Crippen LogP contribution in [0.1, 0.15) is 70.3 Å². The first-order chi connectivity index (χ1) is 15.6. The van der Waals surface area contributed by atoms with Gasteiger partial charge in [-0.1, -0.05) is 6.07 Å². The van der Waals surface area contributed by atoms with Crippen LogP contribution >= 0.6 is 0 Å². The lowest BCUT2D eigenvalue weighted by molar-refractivity contribution is -0.158. The molecule has 0 amide bonds. The summed E-state index contributed by atoms with van der Waals surface area (Å²) in [6.07, 6.45) is 1.78. The van der Waals surface area contributed by atoms with Crippen LogP contribution in [0.2, 0.25) is 0 Å². The molecule has 2 aromatic rings. The average molecular weight is 471 g/mol. The van der Waals surface area contributed by atoms with E-state index in [9.17, 15) is 24.9 Å². The maximum atomic E-state index is 13.2. The summed E-state index contributed by atoms with van der Waals surface area (Å²) in [7, 11) is 0. The smallest absolute Gasteiger partial charge is 0.331 e. The Bertz CT molecular complexity index is 1130. The van der Waals surface area contributed by atoms with Crippen LogP contribution in [-0.2, 0) is 19.1 Å². The first-order valence-electron chi connectivity index (χ1n) is 10.8. The first-order valence-corrected chi connectivity index (χ1v) is 10.8. The topological polar surface area (TPSA) is 123 Å². The fourth-order valence-electron chi connectivity index (χ4n) is 3.57. The third-order valence-electron chi connectivity index (χ3n) is 4.81. The van der Waals surface area contributed by atoms with E-state index >= 15 is 0 Å². The molecule has 0 saturated carbocycles. The Morgan fingerprint density at radius 1 is 0.882 bits per heavy atom. The predicted octanol–water partition coefficient (Wildman–Crippen LogP) is 4.72. The second-order valence-electron chi connectivity index (χ2n) is 10.1. The molecule has 0 aromatic heterocycles. The van der Waals surface area contributed by atoms with Crippen LogP contribution in [0.5, 0.6) is 23.0 Å². The van der Waals surface area contributed by atoms with Gasteiger partial charge in [0.1, 0.15) is 23.2 Å². The van der Waals surface area contributed by atoms with Crippen molar-refractivity contribution < 1.29 is 39.1 Å². The SMILES string of the molecule is CC(C)(C)OC(=O)/C=C/c1cc(O)c2c(c1)[C@H](C(=O)OC(C)(C)C)[C@@H](c1ccc(O)c(O)c1)O2. The number of phenols is 3. The Balaban J connectivity index is 2.03. The maximum Gasteiger partial charge on any atom is 0.331 e. The molecule has 2 atom stereocenters. The fraction of sp³-hybridized carbons (Fsp3) is 0.385. The van der Waals surface area contributed by atoms with Gasteiger partial charge in [0, 0.05) is 11.6 Å². The molecular weight excluding hydrogens is 440 g/mol. The fourth-order valence-corrected chi connectivity index (χ4v) is 3.57. The molecule has 0 saturated heterocycles. The molecule has 34 heavy (non-hydrogen) atoms. The molecule has 0 aliphatic carbocycles. The average Bonchev–Trinajstić information content (AvgIpc) is 3.06. The van der Waals surface area contributed by atoms with Crippen LogP contribution in [0.4, 0.5) is 0 Å². The predicted molar refractivity (Wildman–Crippen MR) is 125 cm³/mol. The van der Waals surface area contributed by atoms with Crippen molar-refractivity contribution in [2.75, 3.05) is 0 Å². The van der Waals surface area contributed by atoms with Crippen LogP contribution in [0, 0.1) is 0 Å². The Labute approximate surface area is 198 Å². The molecule has 0 bridgehead atoms. The highest BCUT2D eigenvalue weighted by atomic mass is 16.6. The van der Waals surface area contributed by atoms with Gasteiger partial charge < -0.3 is 29.5 Å². The molecule has 8 nitrogen and oxygen atoms in total. The van der Waals surface area contributed by atoms with Gasteiger partial charge in [-0.3, -0.25) is 4.79 Å². The molecule has 8 heteroatoms. The number of carbonyl (C=O) groups excluding carboxylic acids is 2. The standard InChI is InChI=1S/C26H30O8/c1-25(2,3)33-20(30)10-7-14-11-16-21(24(31)34-26(4,5)6)22(32-23(16)19(29)12-14)15-8-9-17(27)18(28)13-15/h7-13,21-22,27-29H,1-6H3/b10-7+/t21-,22+/m0/s1. The Morgan fingerprint density at radius 3 is 2.12 bits per heavy atom. The monoisotopic (exact) mass is 470 g/mol. The van der Waals surface area contributed by atoms with Crippen molar-refractivity contribution in [2.24, 2.45) is 0 Å². The van der Waals surface area contributed by atoms with Crippen LogP contribution in [0.25, 0.3) is 6.08 Å². The number of esters is 2. The summed E-state index contributed by atoms with van der Waals surface area (Å²) in [4.78, 5) is 25.3. The molecule has 1 heterocycles. The van der Waals surface area contributed by atoms with E-state index in [-0.39, 0.29) is 23.0 Å². The number of hydrogen-bond donors (Lipinski definition) is 3. The highest BCUT2D eigenvalue weighted by molar-refractivity contribution is 5.88. The van der Waals surface area contributed by atoms with E-state index in [0.29, 0.717) is 16.7 Å².